The van der Waals surface area contributed by atoms with E-state index in [9.17, 15) is 4.79 Å². The number of carbonyl (C=O) groups is 1. The number of carbonyl (C=O) groups excluding carboxylic acids is 1. The molecular weight excluding hydrogens is 400 g/mol. The lowest BCUT2D eigenvalue weighted by atomic mass is 10.0. The number of pyridine rings is 2. The molecule has 1 fully saturated rings. The third-order valence-corrected chi connectivity index (χ3v) is 5.73. The Morgan fingerprint density at radius 3 is 2.69 bits per heavy atom. The fourth-order valence-corrected chi connectivity index (χ4v) is 4.08. The van der Waals surface area contributed by atoms with Crippen LogP contribution in [0.25, 0.3) is 11.3 Å². The van der Waals surface area contributed by atoms with Crippen LogP contribution in [-0.2, 0) is 0 Å². The first-order chi connectivity index (χ1) is 15.7. The minimum absolute atomic E-state index is 0.168. The molecule has 5 rings (SSSR count). The van der Waals surface area contributed by atoms with Gasteiger partial charge in [-0.1, -0.05) is 30.3 Å². The molecule has 0 amide bonds. The van der Waals surface area contributed by atoms with Crippen LogP contribution in [0.15, 0.2) is 83.5 Å². The van der Waals surface area contributed by atoms with Gasteiger partial charge in [0.15, 0.2) is 0 Å². The summed E-state index contributed by atoms with van der Waals surface area (Å²) < 4.78 is 5.83. The predicted octanol–water partition coefficient (Wildman–Crippen LogP) is 4.43. The van der Waals surface area contributed by atoms with Gasteiger partial charge in [-0.3, -0.25) is 9.78 Å². The highest BCUT2D eigenvalue weighted by Crippen LogP contribution is 2.30. The van der Waals surface area contributed by atoms with Gasteiger partial charge in [-0.15, -0.1) is 0 Å². The molecule has 160 valence electrons. The number of furan rings is 1. The quantitative estimate of drug-likeness (QED) is 0.478. The Balaban J connectivity index is 1.52. The number of aryl methyl sites for hydroxylation is 1. The van der Waals surface area contributed by atoms with Crippen LogP contribution in [-0.4, -0.2) is 35.4 Å². The second kappa shape index (κ2) is 8.77. The standard InChI is InChI=1S/C26H24N4O2/c1-18-9-11-23(32-18)21-10-12-24(29-25(21)26(31)20-8-5-13-27-16-20)30-15-14-28-22(17-30)19-6-3-2-4-7-19/h2-13,16,22,28H,14-15,17H2,1H3. The molecule has 0 aliphatic carbocycles. The Bertz CT molecular complexity index is 1220. The molecule has 4 aromatic rings. The summed E-state index contributed by atoms with van der Waals surface area (Å²) in [5.74, 6) is 2.04. The molecule has 1 aromatic carbocycles. The number of hydrogen-bond donors (Lipinski definition) is 1. The van der Waals surface area contributed by atoms with Crippen molar-refractivity contribution in [3.8, 4) is 11.3 Å². The maximum Gasteiger partial charge on any atom is 0.213 e. The first-order valence-electron chi connectivity index (χ1n) is 10.7. The smallest absolute Gasteiger partial charge is 0.213 e. The number of anilines is 1. The SMILES string of the molecule is Cc1ccc(-c2ccc(N3CCNC(c4ccccc4)C3)nc2C(=O)c2cccnc2)o1. The number of ketones is 1. The van der Waals surface area contributed by atoms with Crippen LogP contribution in [0.4, 0.5) is 5.82 Å². The fourth-order valence-electron chi connectivity index (χ4n) is 4.08. The molecule has 1 saturated heterocycles. The molecule has 1 aliphatic heterocycles. The molecule has 1 N–H and O–H groups in total. The van der Waals surface area contributed by atoms with Gasteiger partial charge in [0.2, 0.25) is 5.78 Å². The summed E-state index contributed by atoms with van der Waals surface area (Å²) in [5, 5.41) is 3.58. The predicted molar refractivity (Wildman–Crippen MR) is 124 cm³/mol. The second-order valence-corrected chi connectivity index (χ2v) is 7.91. The van der Waals surface area contributed by atoms with Gasteiger partial charge in [0.05, 0.1) is 0 Å². The summed E-state index contributed by atoms with van der Waals surface area (Å²) in [4.78, 5) is 24.6. The number of piperazine rings is 1. The van der Waals surface area contributed by atoms with E-state index in [-0.39, 0.29) is 11.8 Å². The Hall–Kier alpha value is -3.77. The van der Waals surface area contributed by atoms with E-state index in [1.165, 1.54) is 5.56 Å². The highest BCUT2D eigenvalue weighted by molar-refractivity contribution is 6.11. The fraction of sp³-hybridized carbons (Fsp3) is 0.192. The first kappa shape index (κ1) is 20.2. The number of rotatable bonds is 5. The minimum Gasteiger partial charge on any atom is -0.461 e. The van der Waals surface area contributed by atoms with Crippen molar-refractivity contribution in [3.05, 3.63) is 102 Å². The number of hydrogen-bond acceptors (Lipinski definition) is 6. The van der Waals surface area contributed by atoms with Crippen molar-refractivity contribution in [3.63, 3.8) is 0 Å². The van der Waals surface area contributed by atoms with Crippen LogP contribution < -0.4 is 10.2 Å². The van der Waals surface area contributed by atoms with Crippen molar-refractivity contribution in [1.82, 2.24) is 15.3 Å². The summed E-state index contributed by atoms with van der Waals surface area (Å²) in [5.41, 5.74) is 2.81. The van der Waals surface area contributed by atoms with Crippen molar-refractivity contribution in [2.24, 2.45) is 0 Å². The van der Waals surface area contributed by atoms with Gasteiger partial charge in [0, 0.05) is 49.2 Å². The lowest BCUT2D eigenvalue weighted by Gasteiger charge is -2.35. The molecule has 32 heavy (non-hydrogen) atoms. The minimum atomic E-state index is -0.168. The molecule has 1 unspecified atom stereocenters. The Labute approximate surface area is 186 Å². The topological polar surface area (TPSA) is 71.3 Å². The second-order valence-electron chi connectivity index (χ2n) is 7.91. The molecule has 0 spiro atoms. The third kappa shape index (κ3) is 4.05. The van der Waals surface area contributed by atoms with E-state index < -0.39 is 0 Å². The lowest BCUT2D eigenvalue weighted by Crippen LogP contribution is -2.46. The zero-order chi connectivity index (χ0) is 21.9. The van der Waals surface area contributed by atoms with E-state index in [2.05, 4.69) is 39.5 Å². The van der Waals surface area contributed by atoms with Crippen LogP contribution in [0.1, 0.15) is 33.4 Å². The van der Waals surface area contributed by atoms with Crippen molar-refractivity contribution >= 4 is 11.6 Å². The monoisotopic (exact) mass is 424 g/mol. The van der Waals surface area contributed by atoms with Gasteiger partial charge in [-0.2, -0.15) is 0 Å². The summed E-state index contributed by atoms with van der Waals surface area (Å²) in [7, 11) is 0. The zero-order valence-corrected chi connectivity index (χ0v) is 17.9. The molecule has 4 heterocycles. The van der Waals surface area contributed by atoms with Crippen molar-refractivity contribution in [2.75, 3.05) is 24.5 Å². The largest absolute Gasteiger partial charge is 0.461 e. The van der Waals surface area contributed by atoms with E-state index in [1.807, 2.05) is 37.3 Å². The molecule has 3 aromatic heterocycles. The van der Waals surface area contributed by atoms with Crippen LogP contribution >= 0.6 is 0 Å². The summed E-state index contributed by atoms with van der Waals surface area (Å²) in [6, 6.07) is 21.8. The van der Waals surface area contributed by atoms with Gasteiger partial charge in [-0.25, -0.2) is 4.98 Å². The van der Waals surface area contributed by atoms with E-state index in [0.717, 1.165) is 31.2 Å². The molecule has 6 nitrogen and oxygen atoms in total. The van der Waals surface area contributed by atoms with Gasteiger partial charge in [0.25, 0.3) is 0 Å². The first-order valence-corrected chi connectivity index (χ1v) is 10.7. The summed E-state index contributed by atoms with van der Waals surface area (Å²) in [6.07, 6.45) is 3.23. The molecular formula is C26H24N4O2. The van der Waals surface area contributed by atoms with Crippen LogP contribution in [0.5, 0.6) is 0 Å². The summed E-state index contributed by atoms with van der Waals surface area (Å²) in [6.45, 7) is 4.32. The Morgan fingerprint density at radius 1 is 1.06 bits per heavy atom. The van der Waals surface area contributed by atoms with Crippen LogP contribution in [0.2, 0.25) is 0 Å². The summed E-state index contributed by atoms with van der Waals surface area (Å²) >= 11 is 0. The molecule has 1 aliphatic rings. The van der Waals surface area contributed by atoms with Gasteiger partial charge in [-0.05, 0) is 48.9 Å². The molecule has 1 atom stereocenters. The maximum absolute atomic E-state index is 13.4. The molecule has 6 heteroatoms. The van der Waals surface area contributed by atoms with Gasteiger partial charge < -0.3 is 14.6 Å². The number of aromatic nitrogens is 2. The zero-order valence-electron chi connectivity index (χ0n) is 17.9. The van der Waals surface area contributed by atoms with E-state index in [1.54, 1.807) is 24.5 Å². The third-order valence-electron chi connectivity index (χ3n) is 5.73. The van der Waals surface area contributed by atoms with E-state index in [0.29, 0.717) is 22.6 Å². The molecule has 0 saturated carbocycles. The van der Waals surface area contributed by atoms with Crippen LogP contribution in [0.3, 0.4) is 0 Å². The average Bonchev–Trinajstić information content (AvgIpc) is 3.30. The van der Waals surface area contributed by atoms with Crippen LogP contribution in [0, 0.1) is 6.92 Å². The number of nitrogens with one attached hydrogen (secondary N) is 1. The van der Waals surface area contributed by atoms with E-state index >= 15 is 0 Å². The normalized spacial score (nSPS) is 16.2. The van der Waals surface area contributed by atoms with E-state index in [4.69, 9.17) is 9.40 Å². The number of nitrogens with zero attached hydrogens (tertiary/aromatic N) is 3. The highest BCUT2D eigenvalue weighted by Gasteiger charge is 2.25. The highest BCUT2D eigenvalue weighted by atomic mass is 16.3. The molecule has 0 radical (unpaired) electrons. The lowest BCUT2D eigenvalue weighted by molar-refractivity contribution is 0.103. The molecule has 0 bridgehead atoms. The van der Waals surface area contributed by atoms with Gasteiger partial charge >= 0.3 is 0 Å². The maximum atomic E-state index is 13.4. The Morgan fingerprint density at radius 2 is 1.94 bits per heavy atom. The van der Waals surface area contributed by atoms with Crippen molar-refractivity contribution < 1.29 is 9.21 Å². The Kier molecular flexibility index (Phi) is 5.52. The van der Waals surface area contributed by atoms with Crippen molar-refractivity contribution in [2.45, 2.75) is 13.0 Å². The van der Waals surface area contributed by atoms with Crippen molar-refractivity contribution in [1.29, 1.82) is 0 Å². The van der Waals surface area contributed by atoms with Gasteiger partial charge in [0.1, 0.15) is 23.0 Å². The average molecular weight is 425 g/mol. The number of benzene rings is 1.